The van der Waals surface area contributed by atoms with Crippen molar-refractivity contribution in [1.29, 1.82) is 0 Å². The van der Waals surface area contributed by atoms with Gasteiger partial charge in [0.1, 0.15) is 51.4 Å². The molecule has 0 saturated heterocycles. The normalized spacial score (nSPS) is 21.0. The molecule has 39 heavy (non-hydrogen) atoms. The molecule has 3 unspecified atom stereocenters. The summed E-state index contributed by atoms with van der Waals surface area (Å²) in [7, 11) is 0. The van der Waals surface area contributed by atoms with Crippen LogP contribution >= 0.6 is 0 Å². The molecule has 0 amide bonds. The number of benzene rings is 3. The number of aliphatic hydroxyl groups is 2. The van der Waals surface area contributed by atoms with E-state index < -0.39 is 23.2 Å². The van der Waals surface area contributed by atoms with E-state index in [1.165, 1.54) is 23.8 Å². The quantitative estimate of drug-likeness (QED) is 0.261. The Morgan fingerprint density at radius 1 is 1.03 bits per heavy atom. The Kier molecular flexibility index (Phi) is 5.89. The van der Waals surface area contributed by atoms with Gasteiger partial charge in [0.25, 0.3) is 0 Å². The molecule has 0 saturated carbocycles. The molecule has 200 valence electrons. The zero-order valence-corrected chi connectivity index (χ0v) is 21.2. The third kappa shape index (κ3) is 4.41. The van der Waals surface area contributed by atoms with Crippen LogP contribution in [0, 0.1) is 0 Å². The predicted molar refractivity (Wildman–Crippen MR) is 144 cm³/mol. The molecule has 1 aliphatic carbocycles. The van der Waals surface area contributed by atoms with E-state index in [1.807, 2.05) is 19.1 Å². The van der Waals surface area contributed by atoms with Crippen LogP contribution in [0.15, 0.2) is 69.4 Å². The van der Waals surface area contributed by atoms with Crippen LogP contribution in [0.4, 0.5) is 0 Å². The molecule has 0 spiro atoms. The van der Waals surface area contributed by atoms with Gasteiger partial charge in [0.05, 0.1) is 6.10 Å². The molecule has 1 aromatic heterocycles. The zero-order valence-electron chi connectivity index (χ0n) is 21.2. The van der Waals surface area contributed by atoms with Gasteiger partial charge >= 0.3 is 0 Å². The number of aromatic hydroxyl groups is 3. The van der Waals surface area contributed by atoms with Crippen molar-refractivity contribution in [3.8, 4) is 23.0 Å². The molecule has 0 bridgehead atoms. The minimum absolute atomic E-state index is 0.00160. The summed E-state index contributed by atoms with van der Waals surface area (Å²) in [5, 5.41) is 52.4. The summed E-state index contributed by atoms with van der Waals surface area (Å²) in [6.07, 6.45) is 2.06. The van der Waals surface area contributed by atoms with E-state index in [2.05, 4.69) is 18.2 Å². The second-order valence-electron chi connectivity index (χ2n) is 10.6. The van der Waals surface area contributed by atoms with Crippen LogP contribution < -0.4 is 10.2 Å². The fourth-order valence-electron chi connectivity index (χ4n) is 5.66. The van der Waals surface area contributed by atoms with Crippen LogP contribution in [0.5, 0.6) is 23.0 Å². The standard InChI is InChI=1S/C31H28O8/c1-31(15-16-6-7-17-4-2-3-5-18(17)8-16)27(35)12-22-24(39-31)14-25-28(30(22)37)23(34)13-26(38-25)29(36)19-9-20(32)11-21(33)10-19/h2-5,8-11,13-14,27,29,32-33,35-37H,6-7,12,15H2,1H3. The lowest BCUT2D eigenvalue weighted by molar-refractivity contribution is -0.0543. The summed E-state index contributed by atoms with van der Waals surface area (Å²) in [6, 6.07) is 14.4. The van der Waals surface area contributed by atoms with Gasteiger partial charge in [0.2, 0.25) is 0 Å². The number of phenolic OH excluding ortho intramolecular Hbond substituents is 3. The summed E-state index contributed by atoms with van der Waals surface area (Å²) in [5.41, 5.74) is 2.44. The number of ether oxygens (including phenoxy) is 1. The summed E-state index contributed by atoms with van der Waals surface area (Å²) in [4.78, 5) is 13.0. The minimum Gasteiger partial charge on any atom is -0.508 e. The number of aryl methyl sites for hydroxylation is 1. The van der Waals surface area contributed by atoms with Gasteiger partial charge in [-0.15, -0.1) is 0 Å². The molecule has 8 nitrogen and oxygen atoms in total. The first kappa shape index (κ1) is 25.0. The third-order valence-corrected chi connectivity index (χ3v) is 7.74. The molecule has 0 fully saturated rings. The molecule has 6 rings (SSSR count). The zero-order chi connectivity index (χ0) is 27.5. The highest BCUT2D eigenvalue weighted by Crippen LogP contribution is 2.45. The lowest BCUT2D eigenvalue weighted by Gasteiger charge is -2.41. The van der Waals surface area contributed by atoms with E-state index in [4.69, 9.17) is 9.15 Å². The number of fused-ring (bicyclic) bond motifs is 3. The van der Waals surface area contributed by atoms with Gasteiger partial charge in [-0.1, -0.05) is 35.9 Å². The number of hydrogen-bond donors (Lipinski definition) is 5. The van der Waals surface area contributed by atoms with Crippen LogP contribution in [-0.2, 0) is 12.8 Å². The van der Waals surface area contributed by atoms with E-state index in [1.54, 1.807) is 0 Å². The minimum atomic E-state index is -1.47. The fourth-order valence-corrected chi connectivity index (χ4v) is 5.66. The van der Waals surface area contributed by atoms with Gasteiger partial charge < -0.3 is 34.7 Å². The molecule has 1 aliphatic heterocycles. The molecule has 2 aliphatic rings. The second kappa shape index (κ2) is 9.18. The smallest absolute Gasteiger partial charge is 0.196 e. The van der Waals surface area contributed by atoms with E-state index in [0.29, 0.717) is 12.0 Å². The van der Waals surface area contributed by atoms with Crippen molar-refractivity contribution in [2.45, 2.75) is 50.4 Å². The Morgan fingerprint density at radius 3 is 2.54 bits per heavy atom. The first-order valence-corrected chi connectivity index (χ1v) is 12.8. The van der Waals surface area contributed by atoms with Gasteiger partial charge in [-0.2, -0.15) is 0 Å². The van der Waals surface area contributed by atoms with Crippen LogP contribution in [0.25, 0.3) is 17.0 Å². The van der Waals surface area contributed by atoms with Gasteiger partial charge in [-0.05, 0) is 48.6 Å². The molecular weight excluding hydrogens is 500 g/mol. The van der Waals surface area contributed by atoms with E-state index in [-0.39, 0.29) is 51.7 Å². The molecule has 8 heteroatoms. The van der Waals surface area contributed by atoms with Crippen molar-refractivity contribution >= 4 is 17.0 Å². The van der Waals surface area contributed by atoms with Crippen molar-refractivity contribution in [2.24, 2.45) is 0 Å². The largest absolute Gasteiger partial charge is 0.508 e. The SMILES string of the molecule is CC1(CC2=Cc3ccccc3CC2)Oc2cc3oc(C(O)c4cc(O)cc(O)c4)cc(=O)c3c(O)c2CC1O. The summed E-state index contributed by atoms with van der Waals surface area (Å²) < 4.78 is 12.2. The third-order valence-electron chi connectivity index (χ3n) is 7.74. The van der Waals surface area contributed by atoms with Gasteiger partial charge in [0.15, 0.2) is 5.43 Å². The van der Waals surface area contributed by atoms with Crippen LogP contribution in [0.2, 0.25) is 0 Å². The van der Waals surface area contributed by atoms with Crippen LogP contribution in [0.3, 0.4) is 0 Å². The van der Waals surface area contributed by atoms with Crippen LogP contribution in [-0.4, -0.2) is 37.2 Å². The highest BCUT2D eigenvalue weighted by molar-refractivity contribution is 5.87. The maximum atomic E-state index is 13.0. The summed E-state index contributed by atoms with van der Waals surface area (Å²) in [6.45, 7) is 1.83. The van der Waals surface area contributed by atoms with E-state index in [9.17, 15) is 30.3 Å². The van der Waals surface area contributed by atoms with Crippen molar-refractivity contribution in [3.63, 3.8) is 0 Å². The molecule has 4 aromatic rings. The Morgan fingerprint density at radius 2 is 1.77 bits per heavy atom. The second-order valence-corrected chi connectivity index (χ2v) is 10.6. The predicted octanol–water partition coefficient (Wildman–Crippen LogP) is 4.47. The molecular formula is C31H28O8. The van der Waals surface area contributed by atoms with E-state index >= 15 is 0 Å². The van der Waals surface area contributed by atoms with Gasteiger partial charge in [-0.3, -0.25) is 4.79 Å². The Balaban J connectivity index is 1.37. The lowest BCUT2D eigenvalue weighted by Crippen LogP contribution is -2.49. The van der Waals surface area contributed by atoms with Crippen molar-refractivity contribution in [1.82, 2.24) is 0 Å². The first-order valence-electron chi connectivity index (χ1n) is 12.8. The Hall–Kier alpha value is -4.27. The highest BCUT2D eigenvalue weighted by Gasteiger charge is 2.42. The Labute approximate surface area is 223 Å². The summed E-state index contributed by atoms with van der Waals surface area (Å²) in [5.74, 6) is -0.710. The lowest BCUT2D eigenvalue weighted by atomic mass is 9.80. The van der Waals surface area contributed by atoms with Crippen LogP contribution in [0.1, 0.15) is 53.9 Å². The van der Waals surface area contributed by atoms with Gasteiger partial charge in [-0.25, -0.2) is 0 Å². The number of rotatable bonds is 4. The maximum Gasteiger partial charge on any atom is 0.196 e. The molecule has 3 aromatic carbocycles. The topological polar surface area (TPSA) is 141 Å². The van der Waals surface area contributed by atoms with Crippen molar-refractivity contribution < 1.29 is 34.7 Å². The molecule has 0 radical (unpaired) electrons. The van der Waals surface area contributed by atoms with Crippen molar-refractivity contribution in [2.75, 3.05) is 0 Å². The Bertz CT molecular complexity index is 1680. The molecule has 3 atom stereocenters. The number of hydrogen-bond acceptors (Lipinski definition) is 8. The average Bonchev–Trinajstić information content (AvgIpc) is 2.88. The number of aliphatic hydroxyl groups excluding tert-OH is 2. The number of phenols is 3. The first-order chi connectivity index (χ1) is 18.6. The van der Waals surface area contributed by atoms with Gasteiger partial charge in [0, 0.05) is 36.6 Å². The summed E-state index contributed by atoms with van der Waals surface area (Å²) >= 11 is 0. The monoisotopic (exact) mass is 528 g/mol. The highest BCUT2D eigenvalue weighted by atomic mass is 16.5. The maximum absolute atomic E-state index is 13.0. The molecule has 2 heterocycles. The van der Waals surface area contributed by atoms with Crippen molar-refractivity contribution in [3.05, 3.63) is 98.4 Å². The molecule has 5 N–H and O–H groups in total. The average molecular weight is 529 g/mol. The fraction of sp³-hybridized carbons (Fsp3) is 0.258. The van der Waals surface area contributed by atoms with E-state index in [0.717, 1.165) is 36.1 Å².